The van der Waals surface area contributed by atoms with Gasteiger partial charge in [0.15, 0.2) is 0 Å². The smallest absolute Gasteiger partial charge is 0.305 e. The van der Waals surface area contributed by atoms with Gasteiger partial charge in [-0.25, -0.2) is 0 Å². The summed E-state index contributed by atoms with van der Waals surface area (Å²) in [5, 5.41) is 0. The van der Waals surface area contributed by atoms with Crippen LogP contribution in [0.25, 0.3) is 0 Å². The van der Waals surface area contributed by atoms with Crippen LogP contribution >= 0.6 is 0 Å². The largest absolute Gasteiger partial charge is 0.466 e. The fraction of sp³-hybridized carbons (Fsp3) is 0.900. The molecule has 4 nitrogen and oxygen atoms in total. The van der Waals surface area contributed by atoms with Crippen molar-refractivity contribution in [3.05, 3.63) is 0 Å². The number of hydrogen-bond donors (Lipinski definition) is 0. The molecular weight excluding hydrogens is 304 g/mol. The summed E-state index contributed by atoms with van der Waals surface area (Å²) in [4.78, 5) is 23.0. The molecule has 0 aromatic rings. The Labute approximate surface area is 148 Å². The van der Waals surface area contributed by atoms with Crippen LogP contribution in [-0.4, -0.2) is 25.2 Å². The van der Waals surface area contributed by atoms with Gasteiger partial charge in [-0.2, -0.15) is 0 Å². The summed E-state index contributed by atoms with van der Waals surface area (Å²) in [5.74, 6) is -0.150. The Morgan fingerprint density at radius 1 is 0.708 bits per heavy atom. The summed E-state index contributed by atoms with van der Waals surface area (Å²) in [5.41, 5.74) is 0.0345. The van der Waals surface area contributed by atoms with Crippen LogP contribution in [0, 0.1) is 5.41 Å². The number of hydrogen-bond acceptors (Lipinski definition) is 4. The van der Waals surface area contributed by atoms with Gasteiger partial charge in [0.2, 0.25) is 0 Å². The molecule has 0 fully saturated rings. The fourth-order valence-corrected chi connectivity index (χ4v) is 2.23. The van der Waals surface area contributed by atoms with Crippen molar-refractivity contribution in [2.24, 2.45) is 5.41 Å². The lowest BCUT2D eigenvalue weighted by atomic mass is 9.99. The maximum atomic E-state index is 11.6. The summed E-state index contributed by atoms with van der Waals surface area (Å²) in [6.07, 6.45) is 10.4. The summed E-state index contributed by atoms with van der Waals surface area (Å²) < 4.78 is 10.4. The van der Waals surface area contributed by atoms with E-state index in [0.29, 0.717) is 26.1 Å². The Hall–Kier alpha value is -1.06. The van der Waals surface area contributed by atoms with E-state index >= 15 is 0 Å². The second-order valence-electron chi connectivity index (χ2n) is 7.77. The topological polar surface area (TPSA) is 52.6 Å². The summed E-state index contributed by atoms with van der Waals surface area (Å²) in [6, 6.07) is 0. The molecule has 0 saturated heterocycles. The molecule has 0 aromatic carbocycles. The van der Waals surface area contributed by atoms with Gasteiger partial charge >= 0.3 is 11.9 Å². The average molecular weight is 343 g/mol. The first-order chi connectivity index (χ1) is 11.3. The number of carbonyl (C=O) groups is 2. The minimum absolute atomic E-state index is 0.0345. The van der Waals surface area contributed by atoms with Gasteiger partial charge in [-0.15, -0.1) is 0 Å². The van der Waals surface area contributed by atoms with Crippen LogP contribution in [0.3, 0.4) is 0 Å². The van der Waals surface area contributed by atoms with Gasteiger partial charge in [-0.05, 0) is 24.7 Å². The number of unbranched alkanes of at least 4 members (excludes halogenated alkanes) is 7. The van der Waals surface area contributed by atoms with E-state index in [-0.39, 0.29) is 17.4 Å². The van der Waals surface area contributed by atoms with Crippen LogP contribution in [0.15, 0.2) is 0 Å². The summed E-state index contributed by atoms with van der Waals surface area (Å²) in [6.45, 7) is 9.36. The molecule has 24 heavy (non-hydrogen) atoms. The second kappa shape index (κ2) is 14.3. The van der Waals surface area contributed by atoms with Crippen LogP contribution in [0.4, 0.5) is 0 Å². The standard InChI is InChI=1S/C20H38O4/c1-5-6-13-16-23-18(21)14-11-9-7-8-10-12-15-19(22)24-17-20(2,3)4/h5-17H2,1-4H3. The van der Waals surface area contributed by atoms with Crippen molar-refractivity contribution < 1.29 is 19.1 Å². The van der Waals surface area contributed by atoms with Crippen LogP contribution in [0.5, 0.6) is 0 Å². The summed E-state index contributed by atoms with van der Waals surface area (Å²) in [7, 11) is 0. The molecule has 0 unspecified atom stereocenters. The molecule has 0 aliphatic rings. The number of esters is 2. The van der Waals surface area contributed by atoms with Crippen molar-refractivity contribution in [1.29, 1.82) is 0 Å². The monoisotopic (exact) mass is 342 g/mol. The SMILES string of the molecule is CCCCCOC(=O)CCCCCCCCC(=O)OCC(C)(C)C. The molecule has 0 amide bonds. The zero-order chi connectivity index (χ0) is 18.3. The van der Waals surface area contributed by atoms with Gasteiger partial charge in [0.25, 0.3) is 0 Å². The predicted octanol–water partition coefficient (Wildman–Crippen LogP) is 5.43. The van der Waals surface area contributed by atoms with E-state index < -0.39 is 0 Å². The molecule has 0 N–H and O–H groups in total. The highest BCUT2D eigenvalue weighted by Gasteiger charge is 2.13. The fourth-order valence-electron chi connectivity index (χ4n) is 2.23. The van der Waals surface area contributed by atoms with Crippen molar-refractivity contribution in [3.8, 4) is 0 Å². The Morgan fingerprint density at radius 2 is 1.21 bits per heavy atom. The van der Waals surface area contributed by atoms with Gasteiger partial charge in [0, 0.05) is 12.8 Å². The van der Waals surface area contributed by atoms with Gasteiger partial charge in [0.05, 0.1) is 13.2 Å². The van der Waals surface area contributed by atoms with E-state index in [1.54, 1.807) is 0 Å². The molecule has 0 radical (unpaired) electrons. The van der Waals surface area contributed by atoms with Crippen LogP contribution < -0.4 is 0 Å². The Bertz CT molecular complexity index is 331. The zero-order valence-corrected chi connectivity index (χ0v) is 16.3. The van der Waals surface area contributed by atoms with E-state index in [9.17, 15) is 9.59 Å². The second-order valence-corrected chi connectivity index (χ2v) is 7.77. The molecule has 0 heterocycles. The Morgan fingerprint density at radius 3 is 1.71 bits per heavy atom. The highest BCUT2D eigenvalue weighted by atomic mass is 16.5. The number of rotatable bonds is 14. The lowest BCUT2D eigenvalue weighted by Gasteiger charge is -2.17. The van der Waals surface area contributed by atoms with E-state index in [2.05, 4.69) is 27.7 Å². The maximum Gasteiger partial charge on any atom is 0.305 e. The van der Waals surface area contributed by atoms with E-state index in [1.165, 1.54) is 0 Å². The van der Waals surface area contributed by atoms with Crippen molar-refractivity contribution in [2.45, 2.75) is 98.3 Å². The first kappa shape index (κ1) is 22.9. The molecule has 0 aliphatic heterocycles. The first-order valence-corrected chi connectivity index (χ1v) is 9.66. The van der Waals surface area contributed by atoms with Crippen molar-refractivity contribution >= 4 is 11.9 Å². The highest BCUT2D eigenvalue weighted by Crippen LogP contribution is 2.14. The van der Waals surface area contributed by atoms with E-state index in [4.69, 9.17) is 9.47 Å². The number of ether oxygens (including phenoxy) is 2. The van der Waals surface area contributed by atoms with Crippen LogP contribution in [0.1, 0.15) is 98.3 Å². The zero-order valence-electron chi connectivity index (χ0n) is 16.3. The van der Waals surface area contributed by atoms with Gasteiger partial charge in [0.1, 0.15) is 0 Å². The molecule has 4 heteroatoms. The molecule has 0 spiro atoms. The Kier molecular flexibility index (Phi) is 13.7. The van der Waals surface area contributed by atoms with Crippen LogP contribution in [0.2, 0.25) is 0 Å². The average Bonchev–Trinajstić information content (AvgIpc) is 2.51. The van der Waals surface area contributed by atoms with E-state index in [1.807, 2.05) is 0 Å². The van der Waals surface area contributed by atoms with E-state index in [0.717, 1.165) is 57.8 Å². The molecule has 0 aliphatic carbocycles. The minimum atomic E-state index is -0.0873. The Balaban J connectivity index is 3.33. The third kappa shape index (κ3) is 17.3. The van der Waals surface area contributed by atoms with Crippen molar-refractivity contribution in [1.82, 2.24) is 0 Å². The van der Waals surface area contributed by atoms with Gasteiger partial charge in [-0.1, -0.05) is 66.2 Å². The van der Waals surface area contributed by atoms with Gasteiger partial charge < -0.3 is 9.47 Å². The lowest BCUT2D eigenvalue weighted by Crippen LogP contribution is -2.18. The maximum absolute atomic E-state index is 11.6. The van der Waals surface area contributed by atoms with Crippen molar-refractivity contribution in [3.63, 3.8) is 0 Å². The number of carbonyl (C=O) groups excluding carboxylic acids is 2. The van der Waals surface area contributed by atoms with Crippen LogP contribution in [-0.2, 0) is 19.1 Å². The molecule has 0 atom stereocenters. The first-order valence-electron chi connectivity index (χ1n) is 9.66. The third-order valence-electron chi connectivity index (χ3n) is 3.69. The predicted molar refractivity (Wildman–Crippen MR) is 97.8 cm³/mol. The van der Waals surface area contributed by atoms with Crippen molar-refractivity contribution in [2.75, 3.05) is 13.2 Å². The quantitative estimate of drug-likeness (QED) is 0.312. The molecule has 142 valence electrons. The normalized spacial score (nSPS) is 11.3. The lowest BCUT2D eigenvalue weighted by molar-refractivity contribution is -0.146. The molecule has 0 aromatic heterocycles. The molecule has 0 bridgehead atoms. The molecular formula is C20H38O4. The molecule has 0 saturated carbocycles. The van der Waals surface area contributed by atoms with Gasteiger partial charge in [-0.3, -0.25) is 9.59 Å². The summed E-state index contributed by atoms with van der Waals surface area (Å²) >= 11 is 0. The molecule has 0 rings (SSSR count). The minimum Gasteiger partial charge on any atom is -0.466 e. The highest BCUT2D eigenvalue weighted by molar-refractivity contribution is 5.69. The third-order valence-corrected chi connectivity index (χ3v) is 3.69.